The summed E-state index contributed by atoms with van der Waals surface area (Å²) in [5.41, 5.74) is 4.28. The minimum atomic E-state index is -1.04. The van der Waals surface area contributed by atoms with E-state index in [0.29, 0.717) is 29.8 Å². The van der Waals surface area contributed by atoms with Crippen LogP contribution in [0.15, 0.2) is 90.1 Å². The van der Waals surface area contributed by atoms with Crippen molar-refractivity contribution in [1.82, 2.24) is 19.5 Å². The van der Waals surface area contributed by atoms with Gasteiger partial charge in [0.15, 0.2) is 5.78 Å². The fourth-order valence-corrected chi connectivity index (χ4v) is 5.32. The fourth-order valence-electron chi connectivity index (χ4n) is 5.32. The summed E-state index contributed by atoms with van der Waals surface area (Å²) in [5, 5.41) is 11.8. The minimum absolute atomic E-state index is 0.0475. The molecule has 3 aromatic heterocycles. The van der Waals surface area contributed by atoms with Crippen LogP contribution < -0.4 is 5.56 Å². The Morgan fingerprint density at radius 3 is 2.63 bits per heavy atom. The van der Waals surface area contributed by atoms with Crippen LogP contribution in [0, 0.1) is 0 Å². The number of fused-ring (bicyclic) bond motifs is 1. The molecule has 2 N–H and O–H groups in total. The summed E-state index contributed by atoms with van der Waals surface area (Å²) in [7, 11) is 0. The number of aromatic amines is 1. The van der Waals surface area contributed by atoms with E-state index in [9.17, 15) is 14.7 Å². The van der Waals surface area contributed by atoms with E-state index in [1.54, 1.807) is 23.2 Å². The second kappa shape index (κ2) is 11.6. The van der Waals surface area contributed by atoms with Gasteiger partial charge in [-0.1, -0.05) is 48.5 Å². The van der Waals surface area contributed by atoms with Crippen molar-refractivity contribution in [3.63, 3.8) is 0 Å². The first-order valence-electron chi connectivity index (χ1n) is 14.0. The molecule has 41 heavy (non-hydrogen) atoms. The number of aliphatic hydroxyl groups is 1. The van der Waals surface area contributed by atoms with Crippen LogP contribution in [0.5, 0.6) is 0 Å². The third-order valence-corrected chi connectivity index (χ3v) is 7.71. The largest absolute Gasteiger partial charge is 0.380 e. The maximum absolute atomic E-state index is 13.7. The summed E-state index contributed by atoms with van der Waals surface area (Å²) in [4.78, 5) is 39.1. The highest BCUT2D eigenvalue weighted by atomic mass is 16.5. The molecule has 2 aromatic carbocycles. The number of aryl methyl sites for hydroxylation is 3. The number of H-pyrrole nitrogens is 1. The molecule has 208 valence electrons. The maximum atomic E-state index is 13.7. The highest BCUT2D eigenvalue weighted by Gasteiger charge is 2.38. The number of pyridine rings is 1. The second-order valence-electron chi connectivity index (χ2n) is 10.7. The van der Waals surface area contributed by atoms with E-state index < -0.39 is 5.60 Å². The number of hydrogen-bond donors (Lipinski definition) is 2. The van der Waals surface area contributed by atoms with E-state index in [4.69, 9.17) is 4.74 Å². The molecule has 6 rings (SSSR count). The Bertz CT molecular complexity index is 1700. The SMILES string of the molecule is O=C(CCc1cc2cnccc2[nH]1)Cn1c(-c2cccc(C3(O)COC3)c2)cnc(CCCc2ccccc2)c1=O. The molecule has 0 spiro atoms. The van der Waals surface area contributed by atoms with Crippen molar-refractivity contribution in [2.24, 2.45) is 0 Å². The van der Waals surface area contributed by atoms with Crippen molar-refractivity contribution >= 4 is 16.7 Å². The van der Waals surface area contributed by atoms with E-state index >= 15 is 0 Å². The molecular formula is C33H32N4O4. The zero-order valence-electron chi connectivity index (χ0n) is 22.8. The van der Waals surface area contributed by atoms with Crippen molar-refractivity contribution < 1.29 is 14.6 Å². The quantitative estimate of drug-likeness (QED) is 0.254. The Balaban J connectivity index is 1.25. The van der Waals surface area contributed by atoms with Crippen LogP contribution in [0.1, 0.15) is 35.4 Å². The van der Waals surface area contributed by atoms with Crippen molar-refractivity contribution in [2.75, 3.05) is 13.2 Å². The van der Waals surface area contributed by atoms with Gasteiger partial charge >= 0.3 is 0 Å². The number of carbonyl (C=O) groups is 1. The van der Waals surface area contributed by atoms with Crippen LogP contribution in [0.4, 0.5) is 0 Å². The molecule has 0 radical (unpaired) electrons. The number of hydrogen-bond acceptors (Lipinski definition) is 6. The van der Waals surface area contributed by atoms with Gasteiger partial charge in [0, 0.05) is 41.0 Å². The van der Waals surface area contributed by atoms with Gasteiger partial charge in [-0.2, -0.15) is 0 Å². The molecule has 8 heteroatoms. The molecule has 8 nitrogen and oxygen atoms in total. The Morgan fingerprint density at radius 1 is 1.00 bits per heavy atom. The lowest BCUT2D eigenvalue weighted by Crippen LogP contribution is -2.46. The van der Waals surface area contributed by atoms with Crippen molar-refractivity contribution in [1.29, 1.82) is 0 Å². The van der Waals surface area contributed by atoms with Crippen molar-refractivity contribution in [3.8, 4) is 11.3 Å². The number of nitrogens with zero attached hydrogens (tertiary/aromatic N) is 3. The molecular weight excluding hydrogens is 516 g/mol. The van der Waals surface area contributed by atoms with Gasteiger partial charge in [0.05, 0.1) is 31.6 Å². The van der Waals surface area contributed by atoms with Crippen LogP contribution in [0.3, 0.4) is 0 Å². The molecule has 5 aromatic rings. The normalized spacial score (nSPS) is 14.2. The predicted molar refractivity (Wildman–Crippen MR) is 157 cm³/mol. The summed E-state index contributed by atoms with van der Waals surface area (Å²) >= 11 is 0. The van der Waals surface area contributed by atoms with Crippen molar-refractivity contribution in [3.05, 3.63) is 118 Å². The van der Waals surface area contributed by atoms with Crippen LogP contribution in [0.25, 0.3) is 22.2 Å². The molecule has 1 aliphatic heterocycles. The maximum Gasteiger partial charge on any atom is 0.273 e. The predicted octanol–water partition coefficient (Wildman–Crippen LogP) is 4.38. The van der Waals surface area contributed by atoms with Gasteiger partial charge in [-0.15, -0.1) is 0 Å². The summed E-state index contributed by atoms with van der Waals surface area (Å²) in [6.07, 6.45) is 8.15. The third kappa shape index (κ3) is 5.89. The number of rotatable bonds is 11. The van der Waals surface area contributed by atoms with Gasteiger partial charge in [0.1, 0.15) is 11.3 Å². The topological polar surface area (TPSA) is 110 Å². The molecule has 1 aliphatic rings. The summed E-state index contributed by atoms with van der Waals surface area (Å²) < 4.78 is 6.78. The first kappa shape index (κ1) is 26.8. The van der Waals surface area contributed by atoms with Crippen molar-refractivity contribution in [2.45, 2.75) is 44.2 Å². The molecule has 1 saturated heterocycles. The van der Waals surface area contributed by atoms with Gasteiger partial charge in [-0.25, -0.2) is 0 Å². The molecule has 1 fully saturated rings. The van der Waals surface area contributed by atoms with Gasteiger partial charge in [-0.05, 0) is 55.0 Å². The van der Waals surface area contributed by atoms with Gasteiger partial charge in [0.25, 0.3) is 5.56 Å². The number of carbonyl (C=O) groups excluding carboxylic acids is 1. The number of benzene rings is 2. The Morgan fingerprint density at radius 2 is 1.85 bits per heavy atom. The Hall–Kier alpha value is -4.40. The molecule has 0 atom stereocenters. The number of ketones is 1. The zero-order chi connectivity index (χ0) is 28.2. The number of aromatic nitrogens is 4. The highest BCUT2D eigenvalue weighted by molar-refractivity contribution is 5.81. The summed E-state index contributed by atoms with van der Waals surface area (Å²) in [6, 6.07) is 21.5. The second-order valence-corrected chi connectivity index (χ2v) is 10.7. The lowest BCUT2D eigenvalue weighted by atomic mass is 9.90. The number of ether oxygens (including phenoxy) is 1. The first-order valence-corrected chi connectivity index (χ1v) is 14.0. The fraction of sp³-hybridized carbons (Fsp3) is 0.273. The van der Waals surface area contributed by atoms with Gasteiger partial charge < -0.3 is 14.8 Å². The first-order chi connectivity index (χ1) is 20.0. The summed E-state index contributed by atoms with van der Waals surface area (Å²) in [6.45, 7) is 0.399. The van der Waals surface area contributed by atoms with E-state index in [0.717, 1.165) is 35.0 Å². The molecule has 0 saturated carbocycles. The van der Waals surface area contributed by atoms with Crippen LogP contribution >= 0.6 is 0 Å². The molecule has 0 bridgehead atoms. The van der Waals surface area contributed by atoms with E-state index in [2.05, 4.69) is 27.1 Å². The third-order valence-electron chi connectivity index (χ3n) is 7.71. The van der Waals surface area contributed by atoms with E-state index in [1.165, 1.54) is 5.56 Å². The average Bonchev–Trinajstić information content (AvgIpc) is 3.40. The lowest BCUT2D eigenvalue weighted by molar-refractivity contribution is -0.184. The Labute approximate surface area is 237 Å². The Kier molecular flexibility index (Phi) is 7.59. The smallest absolute Gasteiger partial charge is 0.273 e. The van der Waals surface area contributed by atoms with Gasteiger partial charge in [-0.3, -0.25) is 24.1 Å². The highest BCUT2D eigenvalue weighted by Crippen LogP contribution is 2.32. The monoisotopic (exact) mass is 548 g/mol. The zero-order valence-corrected chi connectivity index (χ0v) is 22.8. The van der Waals surface area contributed by atoms with Crippen LogP contribution in [0.2, 0.25) is 0 Å². The standard InChI is InChI=1S/C33H32N4O4/c38-28(13-12-27-17-25-18-34-15-14-29(25)36-27)20-37-31(24-9-5-10-26(16-24)33(40)21-41-22-33)19-35-30(32(37)39)11-4-8-23-6-2-1-3-7-23/h1-3,5-7,9-10,14-19,36,40H,4,8,11-13,20-22H2. The molecule has 4 heterocycles. The number of Topliss-reactive ketones (excluding diaryl/α,β-unsaturated/α-hetero) is 1. The van der Waals surface area contributed by atoms with Crippen LogP contribution in [-0.2, 0) is 40.9 Å². The minimum Gasteiger partial charge on any atom is -0.380 e. The molecule has 0 aliphatic carbocycles. The average molecular weight is 549 g/mol. The van der Waals surface area contributed by atoms with Gasteiger partial charge in [0.2, 0.25) is 0 Å². The lowest BCUT2D eigenvalue weighted by Gasteiger charge is -2.37. The number of nitrogens with one attached hydrogen (secondary N) is 1. The molecule has 0 unspecified atom stereocenters. The summed E-state index contributed by atoms with van der Waals surface area (Å²) in [5.74, 6) is -0.0475. The van der Waals surface area contributed by atoms with Crippen LogP contribution in [-0.4, -0.2) is 43.6 Å². The van der Waals surface area contributed by atoms with E-state index in [1.807, 2.05) is 54.6 Å². The van der Waals surface area contributed by atoms with E-state index in [-0.39, 0.29) is 37.5 Å². The molecule has 0 amide bonds.